The van der Waals surface area contributed by atoms with Crippen LogP contribution in [0.15, 0.2) is 60.7 Å². The third-order valence-corrected chi connectivity index (χ3v) is 8.00. The van der Waals surface area contributed by atoms with Gasteiger partial charge in [0.05, 0.1) is 6.04 Å². The largest absolute Gasteiger partial charge is 0.349 e. The smallest absolute Gasteiger partial charge is 0.220 e. The van der Waals surface area contributed by atoms with Crippen LogP contribution in [0.1, 0.15) is 79.7 Å². The second-order valence-electron chi connectivity index (χ2n) is 10.6. The summed E-state index contributed by atoms with van der Waals surface area (Å²) in [4.78, 5) is 20.1. The highest BCUT2D eigenvalue weighted by molar-refractivity contribution is 5.76. The number of rotatable bonds is 10. The average molecular weight is 486 g/mol. The Labute approximate surface area is 215 Å². The Morgan fingerprint density at radius 3 is 2.36 bits per heavy atom. The maximum Gasteiger partial charge on any atom is 0.220 e. The first-order valence-corrected chi connectivity index (χ1v) is 13.6. The molecule has 1 atom stereocenters. The number of likely N-dealkylation sites (tertiary alicyclic amines) is 1. The molecule has 1 aliphatic heterocycles. The summed E-state index contributed by atoms with van der Waals surface area (Å²) in [5.41, 5.74) is 2.47. The monoisotopic (exact) mass is 485 g/mol. The highest BCUT2D eigenvalue weighted by Gasteiger charge is 2.26. The van der Waals surface area contributed by atoms with Gasteiger partial charge in [-0.1, -0.05) is 67.1 Å². The number of carbonyl (C=O) groups excluding carboxylic acids is 1. The predicted molar refractivity (Wildman–Crippen MR) is 143 cm³/mol. The summed E-state index contributed by atoms with van der Waals surface area (Å²) in [6.45, 7) is 3.09. The highest BCUT2D eigenvalue weighted by Crippen LogP contribution is 2.30. The fraction of sp³-hybridized carbons (Fsp3) is 0.500. The molecule has 0 bridgehead atoms. The molecule has 1 N–H and O–H groups in total. The molecule has 1 saturated carbocycles. The number of aromatic nitrogens is 3. The van der Waals surface area contributed by atoms with E-state index in [1.165, 1.54) is 30.4 Å². The van der Waals surface area contributed by atoms with Gasteiger partial charge in [-0.25, -0.2) is 4.98 Å². The van der Waals surface area contributed by atoms with Gasteiger partial charge in [-0.2, -0.15) is 5.10 Å². The number of hydrogen-bond donors (Lipinski definition) is 1. The molecule has 3 aromatic rings. The van der Waals surface area contributed by atoms with Gasteiger partial charge < -0.3 is 10.2 Å². The molecule has 2 fully saturated rings. The Morgan fingerprint density at radius 2 is 1.69 bits per heavy atom. The summed E-state index contributed by atoms with van der Waals surface area (Å²) >= 11 is 0. The summed E-state index contributed by atoms with van der Waals surface area (Å²) in [7, 11) is 2.01. The zero-order valence-electron chi connectivity index (χ0n) is 21.5. The Kier molecular flexibility index (Phi) is 8.11. The van der Waals surface area contributed by atoms with E-state index < -0.39 is 0 Å². The van der Waals surface area contributed by atoms with Crippen LogP contribution in [0.3, 0.4) is 0 Å². The first-order valence-electron chi connectivity index (χ1n) is 13.6. The van der Waals surface area contributed by atoms with Crippen molar-refractivity contribution < 1.29 is 4.79 Å². The number of hydrogen-bond acceptors (Lipinski definition) is 4. The van der Waals surface area contributed by atoms with Gasteiger partial charge in [0.15, 0.2) is 5.82 Å². The predicted octanol–water partition coefficient (Wildman–Crippen LogP) is 5.02. The number of nitrogens with zero attached hydrogens (tertiary/aromatic N) is 4. The van der Waals surface area contributed by atoms with Crippen molar-refractivity contribution in [2.75, 3.05) is 19.6 Å². The van der Waals surface area contributed by atoms with Crippen LogP contribution in [0, 0.1) is 5.92 Å². The van der Waals surface area contributed by atoms with Crippen LogP contribution in [-0.4, -0.2) is 45.2 Å². The van der Waals surface area contributed by atoms with E-state index in [0.717, 1.165) is 57.0 Å². The van der Waals surface area contributed by atoms with Crippen LogP contribution in [0.4, 0.5) is 0 Å². The molecule has 36 heavy (non-hydrogen) atoms. The third-order valence-electron chi connectivity index (χ3n) is 8.00. The van der Waals surface area contributed by atoms with Crippen LogP contribution in [0.5, 0.6) is 0 Å². The van der Waals surface area contributed by atoms with Crippen LogP contribution in [0.2, 0.25) is 0 Å². The van der Waals surface area contributed by atoms with Crippen molar-refractivity contribution in [1.82, 2.24) is 25.0 Å². The van der Waals surface area contributed by atoms with Gasteiger partial charge in [0.1, 0.15) is 5.82 Å². The molecule has 0 spiro atoms. The quantitative estimate of drug-likeness (QED) is 0.438. The van der Waals surface area contributed by atoms with E-state index >= 15 is 0 Å². The molecule has 6 nitrogen and oxygen atoms in total. The SMILES string of the molecule is Cn1nc(C2CCN(CC[C@H](NC(=O)CC3CCC3)c3ccccc3)CC2)nc1Cc1ccccc1. The van der Waals surface area contributed by atoms with E-state index in [4.69, 9.17) is 10.1 Å². The highest BCUT2D eigenvalue weighted by atomic mass is 16.1. The molecule has 190 valence electrons. The van der Waals surface area contributed by atoms with Crippen molar-refractivity contribution in [2.24, 2.45) is 13.0 Å². The van der Waals surface area contributed by atoms with E-state index in [0.29, 0.717) is 18.3 Å². The molecular weight excluding hydrogens is 446 g/mol. The lowest BCUT2D eigenvalue weighted by molar-refractivity contribution is -0.123. The van der Waals surface area contributed by atoms with Crippen LogP contribution < -0.4 is 5.32 Å². The third kappa shape index (κ3) is 6.41. The standard InChI is InChI=1S/C30H39N5O/c1-34-28(21-23-9-4-2-5-10-23)32-30(33-34)26-15-18-35(19-16-26)20-17-27(25-13-6-3-7-14-25)31-29(36)22-24-11-8-12-24/h2-7,9-10,13-14,24,26-27H,8,11-12,15-22H2,1H3,(H,31,36)/t27-/m0/s1. The average Bonchev–Trinajstić information content (AvgIpc) is 3.25. The molecule has 2 heterocycles. The van der Waals surface area contributed by atoms with Crippen molar-refractivity contribution in [3.8, 4) is 0 Å². The number of piperidine rings is 1. The Hall–Kier alpha value is -2.99. The van der Waals surface area contributed by atoms with Crippen LogP contribution in [0.25, 0.3) is 0 Å². The zero-order valence-corrected chi connectivity index (χ0v) is 21.5. The Balaban J connectivity index is 1.13. The summed E-state index contributed by atoms with van der Waals surface area (Å²) in [5, 5.41) is 8.12. The van der Waals surface area contributed by atoms with E-state index in [1.54, 1.807) is 0 Å². The van der Waals surface area contributed by atoms with Gasteiger partial charge in [0.2, 0.25) is 5.91 Å². The van der Waals surface area contributed by atoms with E-state index in [2.05, 4.69) is 58.7 Å². The van der Waals surface area contributed by atoms with Crippen molar-refractivity contribution in [3.63, 3.8) is 0 Å². The Bertz CT molecular complexity index is 1100. The fourth-order valence-electron chi connectivity index (χ4n) is 5.49. The minimum atomic E-state index is 0.0782. The summed E-state index contributed by atoms with van der Waals surface area (Å²) in [5.74, 6) is 3.24. The topological polar surface area (TPSA) is 63.1 Å². The van der Waals surface area contributed by atoms with E-state index in [-0.39, 0.29) is 11.9 Å². The second-order valence-corrected chi connectivity index (χ2v) is 10.6. The molecule has 1 aromatic heterocycles. The molecule has 0 unspecified atom stereocenters. The van der Waals surface area contributed by atoms with Crippen molar-refractivity contribution in [2.45, 2.75) is 63.3 Å². The molecule has 1 aliphatic carbocycles. The summed E-state index contributed by atoms with van der Waals surface area (Å²) < 4.78 is 1.95. The van der Waals surface area contributed by atoms with Gasteiger partial charge >= 0.3 is 0 Å². The van der Waals surface area contributed by atoms with Crippen molar-refractivity contribution in [3.05, 3.63) is 83.4 Å². The Morgan fingerprint density at radius 1 is 1.00 bits per heavy atom. The summed E-state index contributed by atoms with van der Waals surface area (Å²) in [6, 6.07) is 21.0. The number of carbonyl (C=O) groups is 1. The fourth-order valence-corrected chi connectivity index (χ4v) is 5.49. The van der Waals surface area contributed by atoms with Crippen molar-refractivity contribution in [1.29, 1.82) is 0 Å². The zero-order chi connectivity index (χ0) is 24.7. The normalized spacial score (nSPS) is 18.0. The lowest BCUT2D eigenvalue weighted by atomic mass is 9.83. The molecule has 2 aromatic carbocycles. The van der Waals surface area contributed by atoms with Gasteiger partial charge in [-0.05, 0) is 62.2 Å². The number of aryl methyl sites for hydroxylation is 1. The molecule has 2 aliphatic rings. The van der Waals surface area contributed by atoms with Crippen molar-refractivity contribution >= 4 is 5.91 Å². The summed E-state index contributed by atoms with van der Waals surface area (Å²) in [6.07, 6.45) is 8.28. The lowest BCUT2D eigenvalue weighted by Crippen LogP contribution is -2.37. The molecule has 0 radical (unpaired) electrons. The number of amides is 1. The van der Waals surface area contributed by atoms with Gasteiger partial charge in [-0.3, -0.25) is 9.48 Å². The molecule has 1 amide bonds. The maximum absolute atomic E-state index is 12.7. The van der Waals surface area contributed by atoms with Gasteiger partial charge in [0, 0.05) is 32.4 Å². The van der Waals surface area contributed by atoms with Gasteiger partial charge in [0.25, 0.3) is 0 Å². The minimum Gasteiger partial charge on any atom is -0.349 e. The van der Waals surface area contributed by atoms with Crippen LogP contribution in [-0.2, 0) is 18.3 Å². The van der Waals surface area contributed by atoms with E-state index in [1.807, 2.05) is 23.9 Å². The first kappa shape index (κ1) is 24.7. The van der Waals surface area contributed by atoms with E-state index in [9.17, 15) is 4.79 Å². The van der Waals surface area contributed by atoms with Crippen LogP contribution >= 0.6 is 0 Å². The lowest BCUT2D eigenvalue weighted by Gasteiger charge is -2.32. The number of nitrogens with one attached hydrogen (secondary N) is 1. The first-order chi connectivity index (χ1) is 17.6. The molecule has 6 heteroatoms. The second kappa shape index (κ2) is 11.8. The molecule has 5 rings (SSSR count). The minimum absolute atomic E-state index is 0.0782. The molecule has 1 saturated heterocycles. The number of benzene rings is 2. The maximum atomic E-state index is 12.7. The van der Waals surface area contributed by atoms with Gasteiger partial charge in [-0.15, -0.1) is 0 Å². The molecular formula is C30H39N5O.